The van der Waals surface area contributed by atoms with Crippen LogP contribution in [0.2, 0.25) is 0 Å². The second-order valence-electron chi connectivity index (χ2n) is 6.60. The van der Waals surface area contributed by atoms with Gasteiger partial charge in [0.15, 0.2) is 11.5 Å². The van der Waals surface area contributed by atoms with Crippen LogP contribution in [0.15, 0.2) is 42.5 Å². The van der Waals surface area contributed by atoms with E-state index in [-0.39, 0.29) is 5.91 Å². The van der Waals surface area contributed by atoms with Crippen molar-refractivity contribution in [3.05, 3.63) is 64.2 Å². The van der Waals surface area contributed by atoms with Crippen LogP contribution in [-0.2, 0) is 6.42 Å². The van der Waals surface area contributed by atoms with Crippen molar-refractivity contribution in [3.63, 3.8) is 0 Å². The second-order valence-corrected chi connectivity index (χ2v) is 7.66. The molecule has 0 spiro atoms. The molecule has 1 aromatic heterocycles. The minimum absolute atomic E-state index is 0.191. The van der Waals surface area contributed by atoms with E-state index in [1.165, 1.54) is 16.9 Å². The smallest absolute Gasteiger partial charge is 0.257 e. The highest BCUT2D eigenvalue weighted by molar-refractivity contribution is 7.15. The van der Waals surface area contributed by atoms with Gasteiger partial charge in [0.2, 0.25) is 5.13 Å². The van der Waals surface area contributed by atoms with E-state index >= 15 is 0 Å². The molecule has 0 unspecified atom stereocenters. The molecule has 0 bridgehead atoms. The third kappa shape index (κ3) is 4.67. The zero-order chi connectivity index (χ0) is 20.1. The topological polar surface area (TPSA) is 73.3 Å². The molecule has 0 saturated heterocycles. The van der Waals surface area contributed by atoms with Crippen molar-refractivity contribution in [1.82, 2.24) is 10.2 Å². The van der Waals surface area contributed by atoms with Gasteiger partial charge >= 0.3 is 0 Å². The van der Waals surface area contributed by atoms with Gasteiger partial charge in [-0.05, 0) is 41.3 Å². The van der Waals surface area contributed by atoms with Crippen LogP contribution in [0, 0.1) is 0 Å². The van der Waals surface area contributed by atoms with E-state index in [0.717, 1.165) is 10.6 Å². The molecular formula is C21H23N3O3S. The number of amides is 1. The summed E-state index contributed by atoms with van der Waals surface area (Å²) in [5.74, 6) is 1.59. The van der Waals surface area contributed by atoms with Gasteiger partial charge in [-0.15, -0.1) is 10.2 Å². The molecular weight excluding hydrogens is 374 g/mol. The van der Waals surface area contributed by atoms with Gasteiger partial charge < -0.3 is 9.47 Å². The Hall–Kier alpha value is -2.93. The minimum atomic E-state index is -0.191. The highest BCUT2D eigenvalue weighted by Gasteiger charge is 2.12. The van der Waals surface area contributed by atoms with E-state index in [2.05, 4.69) is 29.4 Å². The number of carbonyl (C=O) groups is 1. The second kappa shape index (κ2) is 8.84. The number of methoxy groups -OCH3 is 2. The number of hydrogen-bond acceptors (Lipinski definition) is 6. The summed E-state index contributed by atoms with van der Waals surface area (Å²) in [6, 6.07) is 13.3. The summed E-state index contributed by atoms with van der Waals surface area (Å²) in [5.41, 5.74) is 2.82. The van der Waals surface area contributed by atoms with Crippen LogP contribution in [0.3, 0.4) is 0 Å². The van der Waals surface area contributed by atoms with E-state index in [0.29, 0.717) is 34.5 Å². The Bertz CT molecular complexity index is 952. The van der Waals surface area contributed by atoms with Gasteiger partial charge in [0.1, 0.15) is 5.01 Å². The number of aromatic nitrogens is 2. The SMILES string of the molecule is COc1ccc(Cc2nnc(NC(=O)c3ccc(C(C)C)cc3)s2)cc1OC. The average molecular weight is 398 g/mol. The molecule has 0 fully saturated rings. The Labute approximate surface area is 168 Å². The standard InChI is InChI=1S/C21H23N3O3S/c1-13(2)15-6-8-16(9-7-15)20(25)22-21-24-23-19(28-21)12-14-5-10-17(26-3)18(11-14)27-4/h5-11,13H,12H2,1-4H3,(H,22,24,25). The predicted molar refractivity (Wildman–Crippen MR) is 111 cm³/mol. The highest BCUT2D eigenvalue weighted by atomic mass is 32.1. The van der Waals surface area contributed by atoms with Crippen LogP contribution in [0.25, 0.3) is 0 Å². The summed E-state index contributed by atoms with van der Waals surface area (Å²) < 4.78 is 10.6. The van der Waals surface area contributed by atoms with Gasteiger partial charge in [0.25, 0.3) is 5.91 Å². The van der Waals surface area contributed by atoms with E-state index in [1.54, 1.807) is 14.2 Å². The van der Waals surface area contributed by atoms with Crippen molar-refractivity contribution < 1.29 is 14.3 Å². The van der Waals surface area contributed by atoms with E-state index in [4.69, 9.17) is 9.47 Å². The number of hydrogen-bond donors (Lipinski definition) is 1. The summed E-state index contributed by atoms with van der Waals surface area (Å²) in [6.45, 7) is 4.24. The zero-order valence-electron chi connectivity index (χ0n) is 16.4. The molecule has 7 heteroatoms. The van der Waals surface area contributed by atoms with Gasteiger partial charge in [-0.3, -0.25) is 10.1 Å². The molecule has 146 valence electrons. The highest BCUT2D eigenvalue weighted by Crippen LogP contribution is 2.29. The van der Waals surface area contributed by atoms with Crippen LogP contribution in [-0.4, -0.2) is 30.3 Å². The van der Waals surface area contributed by atoms with Gasteiger partial charge in [-0.2, -0.15) is 0 Å². The summed E-state index contributed by atoms with van der Waals surface area (Å²) in [7, 11) is 3.21. The van der Waals surface area contributed by atoms with Crippen LogP contribution in [0.4, 0.5) is 5.13 Å². The number of carbonyl (C=O) groups excluding carboxylic acids is 1. The molecule has 0 saturated carbocycles. The van der Waals surface area contributed by atoms with E-state index < -0.39 is 0 Å². The maximum absolute atomic E-state index is 12.4. The summed E-state index contributed by atoms with van der Waals surface area (Å²) >= 11 is 1.36. The van der Waals surface area contributed by atoms with Crippen LogP contribution in [0.5, 0.6) is 11.5 Å². The number of anilines is 1. The fourth-order valence-electron chi connectivity index (χ4n) is 2.73. The fraction of sp³-hybridized carbons (Fsp3) is 0.286. The molecule has 6 nitrogen and oxygen atoms in total. The monoisotopic (exact) mass is 397 g/mol. The molecule has 3 aromatic rings. The summed E-state index contributed by atoms with van der Waals surface area (Å²) in [4.78, 5) is 12.4. The van der Waals surface area contributed by atoms with Crippen molar-refractivity contribution in [2.75, 3.05) is 19.5 Å². The molecule has 0 atom stereocenters. The Morgan fingerprint density at radius 2 is 1.75 bits per heavy atom. The van der Waals surface area contributed by atoms with E-state index in [9.17, 15) is 4.79 Å². The molecule has 28 heavy (non-hydrogen) atoms. The average Bonchev–Trinajstić information content (AvgIpc) is 3.14. The Morgan fingerprint density at radius 3 is 2.39 bits per heavy atom. The molecule has 2 aromatic carbocycles. The first-order valence-electron chi connectivity index (χ1n) is 8.94. The maximum Gasteiger partial charge on any atom is 0.257 e. The lowest BCUT2D eigenvalue weighted by molar-refractivity contribution is 0.102. The Morgan fingerprint density at radius 1 is 1.04 bits per heavy atom. The number of nitrogens with one attached hydrogen (secondary N) is 1. The normalized spacial score (nSPS) is 10.8. The number of nitrogens with zero attached hydrogens (tertiary/aromatic N) is 2. The quantitative estimate of drug-likeness (QED) is 0.634. The van der Waals surface area contributed by atoms with Crippen molar-refractivity contribution >= 4 is 22.4 Å². The first kappa shape index (κ1) is 19.8. The number of benzene rings is 2. The van der Waals surface area contributed by atoms with Gasteiger partial charge in [0.05, 0.1) is 14.2 Å². The van der Waals surface area contributed by atoms with Crippen molar-refractivity contribution in [3.8, 4) is 11.5 Å². The predicted octanol–water partition coefficient (Wildman–Crippen LogP) is 4.52. The summed E-state index contributed by atoms with van der Waals surface area (Å²) in [6.07, 6.45) is 0.594. The van der Waals surface area contributed by atoms with Gasteiger partial charge in [-0.25, -0.2) is 0 Å². The third-order valence-electron chi connectivity index (χ3n) is 4.33. The molecule has 0 radical (unpaired) electrons. The van der Waals surface area contributed by atoms with Crippen molar-refractivity contribution in [2.24, 2.45) is 0 Å². The van der Waals surface area contributed by atoms with Crippen molar-refractivity contribution in [2.45, 2.75) is 26.2 Å². The van der Waals surface area contributed by atoms with Gasteiger partial charge in [-0.1, -0.05) is 43.4 Å². The first-order valence-corrected chi connectivity index (χ1v) is 9.76. The number of ether oxygens (including phenoxy) is 2. The third-order valence-corrected chi connectivity index (χ3v) is 5.17. The minimum Gasteiger partial charge on any atom is -0.493 e. The van der Waals surface area contributed by atoms with Crippen molar-refractivity contribution in [1.29, 1.82) is 0 Å². The zero-order valence-corrected chi connectivity index (χ0v) is 17.2. The Kier molecular flexibility index (Phi) is 6.26. The molecule has 3 rings (SSSR count). The van der Waals surface area contributed by atoms with Crippen LogP contribution >= 0.6 is 11.3 Å². The van der Waals surface area contributed by atoms with E-state index in [1.807, 2.05) is 42.5 Å². The first-order chi connectivity index (χ1) is 13.5. The number of rotatable bonds is 7. The molecule has 0 aliphatic carbocycles. The molecule has 1 N–H and O–H groups in total. The lowest BCUT2D eigenvalue weighted by atomic mass is 10.0. The summed E-state index contributed by atoms with van der Waals surface area (Å²) in [5, 5.41) is 12.4. The fourth-order valence-corrected chi connectivity index (χ4v) is 3.50. The van der Waals surface area contributed by atoms with Crippen LogP contribution in [0.1, 0.15) is 46.3 Å². The maximum atomic E-state index is 12.4. The lowest BCUT2D eigenvalue weighted by Gasteiger charge is -2.08. The lowest BCUT2D eigenvalue weighted by Crippen LogP contribution is -2.11. The molecule has 0 aliphatic heterocycles. The molecule has 0 aliphatic rings. The van der Waals surface area contributed by atoms with Crippen LogP contribution < -0.4 is 14.8 Å². The largest absolute Gasteiger partial charge is 0.493 e. The van der Waals surface area contributed by atoms with Gasteiger partial charge in [0, 0.05) is 12.0 Å². The Balaban J connectivity index is 1.66. The molecule has 1 heterocycles. The molecule has 1 amide bonds.